The Morgan fingerprint density at radius 3 is 2.37 bits per heavy atom. The fourth-order valence-corrected chi connectivity index (χ4v) is 3.58. The summed E-state index contributed by atoms with van der Waals surface area (Å²) in [6.07, 6.45) is 2.52. The fourth-order valence-electron chi connectivity index (χ4n) is 3.58. The third-order valence-electron chi connectivity index (χ3n) is 4.73. The molecule has 1 N–H and O–H groups in total. The third-order valence-corrected chi connectivity index (χ3v) is 4.73. The van der Waals surface area contributed by atoms with E-state index in [1.54, 1.807) is 18.2 Å². The van der Waals surface area contributed by atoms with Crippen molar-refractivity contribution in [1.82, 2.24) is 0 Å². The number of nitrogens with zero attached hydrogens (tertiary/aromatic N) is 1. The van der Waals surface area contributed by atoms with Crippen molar-refractivity contribution in [2.45, 2.75) is 59.0 Å². The summed E-state index contributed by atoms with van der Waals surface area (Å²) in [5, 5.41) is 10.1. The zero-order valence-electron chi connectivity index (χ0n) is 17.0. The Bertz CT molecular complexity index is 760. The number of benzene rings is 2. The predicted octanol–water partition coefficient (Wildman–Crippen LogP) is 4.98. The normalized spacial score (nSPS) is 11.1. The summed E-state index contributed by atoms with van der Waals surface area (Å²) in [5.41, 5.74) is 3.77. The van der Waals surface area contributed by atoms with E-state index in [2.05, 4.69) is 56.9 Å². The molecule has 0 radical (unpaired) electrons. The van der Waals surface area contributed by atoms with E-state index in [0.717, 1.165) is 18.4 Å². The highest BCUT2D eigenvalue weighted by Gasteiger charge is 2.14. The summed E-state index contributed by atoms with van der Waals surface area (Å²) in [4.78, 5) is 14.1. The Balaban J connectivity index is 2.06. The van der Waals surface area contributed by atoms with Crippen LogP contribution in [0.2, 0.25) is 0 Å². The molecular formula is C23H31NO3. The first-order valence-corrected chi connectivity index (χ1v) is 9.61. The molecule has 4 nitrogen and oxygen atoms in total. The number of rotatable bonds is 8. The summed E-state index contributed by atoms with van der Waals surface area (Å²) in [6.45, 7) is 8.85. The van der Waals surface area contributed by atoms with Crippen LogP contribution in [0, 0.1) is 0 Å². The molecule has 0 aliphatic carbocycles. The van der Waals surface area contributed by atoms with E-state index < -0.39 is 0 Å². The molecule has 2 aromatic carbocycles. The number of hydrogen-bond acceptors (Lipinski definition) is 4. The van der Waals surface area contributed by atoms with Crippen LogP contribution in [-0.2, 0) is 17.6 Å². The molecular weight excluding hydrogens is 338 g/mol. The van der Waals surface area contributed by atoms with Crippen molar-refractivity contribution < 1.29 is 14.6 Å². The number of phenols is 1. The van der Waals surface area contributed by atoms with Crippen molar-refractivity contribution in [3.63, 3.8) is 0 Å². The Labute approximate surface area is 162 Å². The minimum absolute atomic E-state index is 0.224. The second-order valence-electron chi connectivity index (χ2n) is 7.45. The van der Waals surface area contributed by atoms with Gasteiger partial charge in [0.05, 0.1) is 12.7 Å². The Morgan fingerprint density at radius 2 is 1.74 bits per heavy atom. The van der Waals surface area contributed by atoms with Crippen LogP contribution in [0.3, 0.4) is 0 Å². The maximum atomic E-state index is 11.7. The molecule has 27 heavy (non-hydrogen) atoms. The maximum absolute atomic E-state index is 11.7. The predicted molar refractivity (Wildman–Crippen MR) is 111 cm³/mol. The average Bonchev–Trinajstić information content (AvgIpc) is 2.62. The van der Waals surface area contributed by atoms with E-state index in [0.29, 0.717) is 24.1 Å². The summed E-state index contributed by atoms with van der Waals surface area (Å²) < 4.78 is 4.75. The molecule has 0 heterocycles. The number of aromatic hydroxyl groups is 1. The van der Waals surface area contributed by atoms with Crippen molar-refractivity contribution >= 4 is 11.7 Å². The molecule has 0 aliphatic heterocycles. The molecule has 0 unspecified atom stereocenters. The molecule has 0 spiro atoms. The van der Waals surface area contributed by atoms with E-state index in [-0.39, 0.29) is 11.7 Å². The summed E-state index contributed by atoms with van der Waals surface area (Å²) in [5.74, 6) is -0.159. The first-order chi connectivity index (χ1) is 12.8. The molecule has 4 heteroatoms. The second kappa shape index (κ2) is 9.45. The van der Waals surface area contributed by atoms with E-state index in [4.69, 9.17) is 4.74 Å². The van der Waals surface area contributed by atoms with Gasteiger partial charge in [0.25, 0.3) is 0 Å². The van der Waals surface area contributed by atoms with Gasteiger partial charge in [0, 0.05) is 17.8 Å². The van der Waals surface area contributed by atoms with Crippen molar-refractivity contribution in [3.05, 3.63) is 59.2 Å². The first-order valence-electron chi connectivity index (χ1n) is 9.61. The SMILES string of the molecule is COC(=O)c1ccc(O)c(CCCc2cccc(N(C(C)C)C(C)C)c2)c1. The third kappa shape index (κ3) is 5.49. The van der Waals surface area contributed by atoms with Gasteiger partial charge in [0.2, 0.25) is 0 Å². The van der Waals surface area contributed by atoms with Crippen molar-refractivity contribution in [2.24, 2.45) is 0 Å². The summed E-state index contributed by atoms with van der Waals surface area (Å²) in [7, 11) is 1.36. The number of hydrogen-bond donors (Lipinski definition) is 1. The number of anilines is 1. The van der Waals surface area contributed by atoms with Crippen LogP contribution in [0.5, 0.6) is 5.75 Å². The van der Waals surface area contributed by atoms with E-state index >= 15 is 0 Å². The number of carbonyl (C=O) groups excluding carboxylic acids is 1. The van der Waals surface area contributed by atoms with Gasteiger partial charge in [-0.15, -0.1) is 0 Å². The zero-order chi connectivity index (χ0) is 20.0. The van der Waals surface area contributed by atoms with E-state index in [9.17, 15) is 9.90 Å². The Morgan fingerprint density at radius 1 is 1.04 bits per heavy atom. The molecule has 0 aromatic heterocycles. The highest BCUT2D eigenvalue weighted by Crippen LogP contribution is 2.24. The Hall–Kier alpha value is -2.49. The van der Waals surface area contributed by atoms with Crippen LogP contribution in [0.15, 0.2) is 42.5 Å². The molecule has 2 rings (SSSR count). The smallest absolute Gasteiger partial charge is 0.337 e. The van der Waals surface area contributed by atoms with Crippen molar-refractivity contribution in [2.75, 3.05) is 12.0 Å². The molecule has 2 aromatic rings. The molecule has 0 saturated carbocycles. The number of esters is 1. The zero-order valence-corrected chi connectivity index (χ0v) is 17.0. The average molecular weight is 370 g/mol. The van der Waals surface area contributed by atoms with Gasteiger partial charge in [0.15, 0.2) is 0 Å². The molecule has 146 valence electrons. The molecule has 0 atom stereocenters. The lowest BCUT2D eigenvalue weighted by Gasteiger charge is -2.33. The standard InChI is InChI=1S/C23H31NO3/c1-16(2)24(17(3)4)21-11-7-9-18(14-21)8-6-10-19-15-20(23(26)27-5)12-13-22(19)25/h7,9,11-17,25H,6,8,10H2,1-5H3. The lowest BCUT2D eigenvalue weighted by molar-refractivity contribution is 0.0600. The van der Waals surface area contributed by atoms with Crippen LogP contribution in [0.25, 0.3) is 0 Å². The number of methoxy groups -OCH3 is 1. The van der Waals surface area contributed by atoms with Crippen LogP contribution in [0.4, 0.5) is 5.69 Å². The van der Waals surface area contributed by atoms with Crippen molar-refractivity contribution in [3.8, 4) is 5.75 Å². The highest BCUT2D eigenvalue weighted by molar-refractivity contribution is 5.89. The number of ether oxygens (including phenoxy) is 1. The lowest BCUT2D eigenvalue weighted by Crippen LogP contribution is -2.36. The summed E-state index contributed by atoms with van der Waals surface area (Å²) >= 11 is 0. The van der Waals surface area contributed by atoms with Crippen LogP contribution >= 0.6 is 0 Å². The number of phenolic OH excluding ortho intramolecular Hbond substituents is 1. The Kier molecular flexibility index (Phi) is 7.28. The topological polar surface area (TPSA) is 49.8 Å². The van der Waals surface area contributed by atoms with Crippen molar-refractivity contribution in [1.29, 1.82) is 0 Å². The molecule has 0 fully saturated rings. The number of carbonyl (C=O) groups is 1. The monoisotopic (exact) mass is 369 g/mol. The molecule has 0 bridgehead atoms. The quantitative estimate of drug-likeness (QED) is 0.667. The second-order valence-corrected chi connectivity index (χ2v) is 7.45. The number of aryl methyl sites for hydroxylation is 2. The van der Waals surface area contributed by atoms with Gasteiger partial charge >= 0.3 is 5.97 Å². The van der Waals surface area contributed by atoms with Crippen LogP contribution < -0.4 is 4.90 Å². The van der Waals surface area contributed by atoms with E-state index in [1.807, 2.05) is 0 Å². The lowest BCUT2D eigenvalue weighted by atomic mass is 10.0. The highest BCUT2D eigenvalue weighted by atomic mass is 16.5. The first kappa shape index (κ1) is 20.8. The summed E-state index contributed by atoms with van der Waals surface area (Å²) in [6, 6.07) is 14.4. The largest absolute Gasteiger partial charge is 0.508 e. The van der Waals surface area contributed by atoms with Gasteiger partial charge in [-0.25, -0.2) is 4.79 Å². The van der Waals surface area contributed by atoms with E-state index in [1.165, 1.54) is 18.4 Å². The van der Waals surface area contributed by atoms with Gasteiger partial charge in [-0.1, -0.05) is 12.1 Å². The molecule has 0 aliphatic rings. The minimum Gasteiger partial charge on any atom is -0.508 e. The van der Waals surface area contributed by atoms with Gasteiger partial charge < -0.3 is 14.7 Å². The fraction of sp³-hybridized carbons (Fsp3) is 0.435. The molecule has 0 amide bonds. The van der Waals surface area contributed by atoms with Crippen LogP contribution in [-0.4, -0.2) is 30.3 Å². The van der Waals surface area contributed by atoms with Gasteiger partial charge in [-0.2, -0.15) is 0 Å². The van der Waals surface area contributed by atoms with Gasteiger partial charge in [-0.3, -0.25) is 0 Å². The molecule has 0 saturated heterocycles. The minimum atomic E-state index is -0.383. The van der Waals surface area contributed by atoms with Crippen LogP contribution in [0.1, 0.15) is 55.6 Å². The maximum Gasteiger partial charge on any atom is 0.337 e. The van der Waals surface area contributed by atoms with Gasteiger partial charge in [-0.05, 0) is 88.4 Å². The van der Waals surface area contributed by atoms with Gasteiger partial charge in [0.1, 0.15) is 5.75 Å².